The minimum Gasteiger partial charge on any atom is -0.357 e. The van der Waals surface area contributed by atoms with E-state index < -0.39 is 18.1 Å². The highest BCUT2D eigenvalue weighted by atomic mass is 16.2. The Morgan fingerprint density at radius 1 is 1.23 bits per heavy atom. The summed E-state index contributed by atoms with van der Waals surface area (Å²) in [6.07, 6.45) is 0.585. The quantitative estimate of drug-likeness (QED) is 0.418. The molecule has 1 aromatic carbocycles. The lowest BCUT2D eigenvalue weighted by molar-refractivity contribution is -0.127. The molecule has 1 fully saturated rings. The molecule has 2 unspecified atom stereocenters. The Morgan fingerprint density at radius 3 is 2.46 bits per heavy atom. The molecular formula is C18H20N4O4. The molecular weight excluding hydrogens is 336 g/mol. The van der Waals surface area contributed by atoms with Crippen molar-refractivity contribution in [3.05, 3.63) is 35.4 Å². The zero-order valence-corrected chi connectivity index (χ0v) is 14.5. The van der Waals surface area contributed by atoms with Crippen LogP contribution < -0.4 is 21.3 Å². The van der Waals surface area contributed by atoms with E-state index in [0.717, 1.165) is 11.1 Å². The zero-order chi connectivity index (χ0) is 19.1. The number of nitrogens with one attached hydrogen (secondary N) is 4. The molecule has 5 amide bonds. The van der Waals surface area contributed by atoms with Crippen LogP contribution in [0.4, 0.5) is 4.79 Å². The first-order valence-corrected chi connectivity index (χ1v) is 8.07. The number of hydrogen-bond acceptors (Lipinski definition) is 4. The molecule has 0 spiro atoms. The second-order valence-corrected chi connectivity index (χ2v) is 5.79. The molecule has 1 aliphatic heterocycles. The Bertz CT molecular complexity index is 777. The maximum Gasteiger partial charge on any atom is 0.322 e. The van der Waals surface area contributed by atoms with Gasteiger partial charge in [0.25, 0.3) is 5.91 Å². The van der Waals surface area contributed by atoms with E-state index >= 15 is 0 Å². The monoisotopic (exact) mass is 356 g/mol. The molecule has 136 valence electrons. The van der Waals surface area contributed by atoms with Gasteiger partial charge in [-0.25, -0.2) is 4.79 Å². The van der Waals surface area contributed by atoms with Gasteiger partial charge in [0.15, 0.2) is 0 Å². The van der Waals surface area contributed by atoms with Crippen molar-refractivity contribution in [1.29, 1.82) is 0 Å². The third kappa shape index (κ3) is 5.34. The highest BCUT2D eigenvalue weighted by Gasteiger charge is 2.28. The van der Waals surface area contributed by atoms with Crippen LogP contribution in [-0.2, 0) is 20.8 Å². The molecule has 26 heavy (non-hydrogen) atoms. The Hall–Kier alpha value is -3.34. The van der Waals surface area contributed by atoms with Gasteiger partial charge in [0.1, 0.15) is 12.1 Å². The van der Waals surface area contributed by atoms with Gasteiger partial charge in [0.2, 0.25) is 11.8 Å². The summed E-state index contributed by atoms with van der Waals surface area (Å²) in [4.78, 5) is 45.5. The number of carbonyl (C=O) groups is 4. The van der Waals surface area contributed by atoms with Gasteiger partial charge in [-0.15, -0.1) is 0 Å². The maximum absolute atomic E-state index is 11.8. The molecule has 8 heteroatoms. The molecule has 0 saturated carbocycles. The van der Waals surface area contributed by atoms with Gasteiger partial charge in [-0.3, -0.25) is 19.7 Å². The van der Waals surface area contributed by atoms with E-state index in [0.29, 0.717) is 6.42 Å². The molecule has 1 aliphatic rings. The largest absolute Gasteiger partial charge is 0.357 e. The van der Waals surface area contributed by atoms with Crippen LogP contribution in [-0.4, -0.2) is 42.9 Å². The standard InChI is InChI=1S/C18H20N4O4/c1-11(23)20-15(16(24)19-2)10-13-8-6-12(7-9-13)4-3-5-14-17(25)22-18(26)21-14/h6-9,14-15H,5,10H2,1-2H3,(H,19,24)(H,20,23)(H2,21,22,25,26). The Morgan fingerprint density at radius 2 is 1.92 bits per heavy atom. The summed E-state index contributed by atoms with van der Waals surface area (Å²) in [7, 11) is 1.52. The lowest BCUT2D eigenvalue weighted by Crippen LogP contribution is -2.46. The Kier molecular flexibility index (Phi) is 6.33. The van der Waals surface area contributed by atoms with Crippen molar-refractivity contribution in [3.63, 3.8) is 0 Å². The lowest BCUT2D eigenvalue weighted by Gasteiger charge is -2.16. The number of imide groups is 1. The second kappa shape index (κ2) is 8.67. The number of likely N-dealkylation sites (N-methyl/N-ethyl adjacent to an activating group) is 1. The fourth-order valence-electron chi connectivity index (χ4n) is 2.45. The zero-order valence-electron chi connectivity index (χ0n) is 14.5. The first-order valence-electron chi connectivity index (χ1n) is 8.07. The highest BCUT2D eigenvalue weighted by molar-refractivity contribution is 6.04. The topological polar surface area (TPSA) is 116 Å². The van der Waals surface area contributed by atoms with E-state index in [-0.39, 0.29) is 24.1 Å². The van der Waals surface area contributed by atoms with Crippen molar-refractivity contribution in [3.8, 4) is 11.8 Å². The molecule has 8 nitrogen and oxygen atoms in total. The molecule has 1 heterocycles. The number of hydrogen-bond donors (Lipinski definition) is 4. The number of rotatable bonds is 5. The van der Waals surface area contributed by atoms with E-state index in [9.17, 15) is 19.2 Å². The van der Waals surface area contributed by atoms with Gasteiger partial charge in [0, 0.05) is 32.4 Å². The van der Waals surface area contributed by atoms with Crippen LogP contribution in [0.25, 0.3) is 0 Å². The van der Waals surface area contributed by atoms with Gasteiger partial charge in [-0.2, -0.15) is 0 Å². The first-order chi connectivity index (χ1) is 12.4. The van der Waals surface area contributed by atoms with Crippen molar-refractivity contribution in [2.24, 2.45) is 0 Å². The van der Waals surface area contributed by atoms with Gasteiger partial charge in [0.05, 0.1) is 0 Å². The Balaban J connectivity index is 1.96. The van der Waals surface area contributed by atoms with Crippen LogP contribution in [0.1, 0.15) is 24.5 Å². The molecule has 0 bridgehead atoms. The molecule has 1 aromatic rings. The van der Waals surface area contributed by atoms with Crippen LogP contribution in [0.3, 0.4) is 0 Å². The number of amides is 5. The molecule has 0 aromatic heterocycles. The van der Waals surface area contributed by atoms with Crippen molar-refractivity contribution in [2.45, 2.75) is 31.8 Å². The maximum atomic E-state index is 11.8. The van der Waals surface area contributed by atoms with Crippen LogP contribution in [0.2, 0.25) is 0 Å². The second-order valence-electron chi connectivity index (χ2n) is 5.79. The summed E-state index contributed by atoms with van der Waals surface area (Å²) >= 11 is 0. The van der Waals surface area contributed by atoms with E-state index in [1.54, 1.807) is 12.1 Å². The fourth-order valence-corrected chi connectivity index (χ4v) is 2.45. The van der Waals surface area contributed by atoms with Crippen LogP contribution in [0, 0.1) is 11.8 Å². The predicted molar refractivity (Wildman–Crippen MR) is 93.8 cm³/mol. The van der Waals surface area contributed by atoms with Crippen molar-refractivity contribution in [1.82, 2.24) is 21.3 Å². The van der Waals surface area contributed by atoms with Crippen LogP contribution in [0.5, 0.6) is 0 Å². The summed E-state index contributed by atoms with van der Waals surface area (Å²) in [5.41, 5.74) is 1.62. The predicted octanol–water partition coefficient (Wildman–Crippen LogP) is -0.571. The first kappa shape index (κ1) is 19.0. The average Bonchev–Trinajstić information content (AvgIpc) is 2.92. The molecule has 4 N–H and O–H groups in total. The third-order valence-corrected chi connectivity index (χ3v) is 3.73. The number of benzene rings is 1. The van der Waals surface area contributed by atoms with Crippen LogP contribution >= 0.6 is 0 Å². The van der Waals surface area contributed by atoms with Crippen molar-refractivity contribution in [2.75, 3.05) is 7.05 Å². The van der Waals surface area contributed by atoms with Gasteiger partial charge >= 0.3 is 6.03 Å². The van der Waals surface area contributed by atoms with Gasteiger partial charge in [-0.1, -0.05) is 24.0 Å². The average molecular weight is 356 g/mol. The normalized spacial score (nSPS) is 16.6. The van der Waals surface area contributed by atoms with E-state index in [2.05, 4.69) is 33.1 Å². The fraction of sp³-hybridized carbons (Fsp3) is 0.333. The summed E-state index contributed by atoms with van der Waals surface area (Å²) < 4.78 is 0. The smallest absolute Gasteiger partial charge is 0.322 e. The Labute approximate surface area is 151 Å². The number of carbonyl (C=O) groups excluding carboxylic acids is 4. The third-order valence-electron chi connectivity index (χ3n) is 3.73. The SMILES string of the molecule is CNC(=O)C(Cc1ccc(C#CCC2NC(=O)NC2=O)cc1)NC(C)=O. The van der Waals surface area contributed by atoms with Crippen molar-refractivity contribution < 1.29 is 19.2 Å². The van der Waals surface area contributed by atoms with Crippen molar-refractivity contribution >= 4 is 23.8 Å². The minimum absolute atomic E-state index is 0.223. The summed E-state index contributed by atoms with van der Waals surface area (Å²) in [6.45, 7) is 1.36. The summed E-state index contributed by atoms with van der Waals surface area (Å²) in [6, 6.07) is 5.47. The minimum atomic E-state index is -0.640. The van der Waals surface area contributed by atoms with Gasteiger partial charge in [-0.05, 0) is 17.7 Å². The van der Waals surface area contributed by atoms with E-state index in [1.807, 2.05) is 12.1 Å². The van der Waals surface area contributed by atoms with Crippen LogP contribution in [0.15, 0.2) is 24.3 Å². The summed E-state index contributed by atoms with van der Waals surface area (Å²) in [5.74, 6) is 4.87. The lowest BCUT2D eigenvalue weighted by atomic mass is 10.0. The molecule has 0 aliphatic carbocycles. The summed E-state index contributed by atoms with van der Waals surface area (Å²) in [5, 5.41) is 9.77. The van der Waals surface area contributed by atoms with E-state index in [4.69, 9.17) is 0 Å². The highest BCUT2D eigenvalue weighted by Crippen LogP contribution is 2.07. The molecule has 2 rings (SSSR count). The van der Waals surface area contributed by atoms with E-state index in [1.165, 1.54) is 14.0 Å². The molecule has 0 radical (unpaired) electrons. The molecule has 2 atom stereocenters. The van der Waals surface area contributed by atoms with Gasteiger partial charge < -0.3 is 16.0 Å². The molecule has 1 saturated heterocycles. The number of urea groups is 1.